The number of hydrogen-bond donors (Lipinski definition) is 1. The molecule has 0 aromatic carbocycles. The minimum absolute atomic E-state index is 0.288. The van der Waals surface area contributed by atoms with Gasteiger partial charge in [0.1, 0.15) is 5.54 Å². The topological polar surface area (TPSA) is 43.8 Å². The van der Waals surface area contributed by atoms with Crippen LogP contribution in [0.1, 0.15) is 52.9 Å². The van der Waals surface area contributed by atoms with Crippen LogP contribution >= 0.6 is 0 Å². The SMILES string of the molecule is CN1CCN(C2(C(=O)O)CCCC(C(C)(C)C)CC2)CC1. The van der Waals surface area contributed by atoms with Crippen LogP contribution in [0.4, 0.5) is 0 Å². The zero-order valence-corrected chi connectivity index (χ0v) is 14.2. The molecule has 1 aliphatic carbocycles. The summed E-state index contributed by atoms with van der Waals surface area (Å²) in [6.07, 6.45) is 4.89. The van der Waals surface area contributed by atoms with E-state index in [1.165, 1.54) is 6.42 Å². The molecule has 2 unspecified atom stereocenters. The summed E-state index contributed by atoms with van der Waals surface area (Å²) in [5.74, 6) is 0.0489. The average molecular weight is 296 g/mol. The van der Waals surface area contributed by atoms with Gasteiger partial charge < -0.3 is 10.0 Å². The van der Waals surface area contributed by atoms with Crippen LogP contribution in [0.3, 0.4) is 0 Å². The van der Waals surface area contributed by atoms with Crippen molar-refractivity contribution >= 4 is 5.97 Å². The fraction of sp³-hybridized carbons (Fsp3) is 0.941. The largest absolute Gasteiger partial charge is 0.480 e. The molecule has 122 valence electrons. The Kier molecular flexibility index (Phi) is 4.99. The lowest BCUT2D eigenvalue weighted by Crippen LogP contribution is -2.60. The number of carboxylic acid groups (broad SMARTS) is 1. The number of hydrogen-bond acceptors (Lipinski definition) is 3. The molecular formula is C17H32N2O2. The van der Waals surface area contributed by atoms with Gasteiger partial charge in [0.25, 0.3) is 0 Å². The smallest absolute Gasteiger partial charge is 0.324 e. The monoisotopic (exact) mass is 296 g/mol. The number of rotatable bonds is 2. The summed E-state index contributed by atoms with van der Waals surface area (Å²) in [5, 5.41) is 9.97. The van der Waals surface area contributed by atoms with Gasteiger partial charge in [-0.15, -0.1) is 0 Å². The van der Waals surface area contributed by atoms with Gasteiger partial charge in [-0.1, -0.05) is 27.2 Å². The van der Waals surface area contributed by atoms with Crippen molar-refractivity contribution in [2.24, 2.45) is 11.3 Å². The van der Waals surface area contributed by atoms with Crippen LogP contribution in [0.25, 0.3) is 0 Å². The maximum Gasteiger partial charge on any atom is 0.324 e. The normalized spacial score (nSPS) is 33.6. The molecular weight excluding hydrogens is 264 g/mol. The lowest BCUT2D eigenvalue weighted by Gasteiger charge is -2.44. The molecule has 2 fully saturated rings. The number of carboxylic acids is 1. The van der Waals surface area contributed by atoms with Crippen molar-refractivity contribution in [2.45, 2.75) is 58.4 Å². The van der Waals surface area contributed by atoms with Gasteiger partial charge in [0.05, 0.1) is 0 Å². The third-order valence-electron chi connectivity index (χ3n) is 5.78. The van der Waals surface area contributed by atoms with E-state index in [0.717, 1.165) is 51.9 Å². The van der Waals surface area contributed by atoms with Gasteiger partial charge in [-0.3, -0.25) is 9.69 Å². The van der Waals surface area contributed by atoms with Gasteiger partial charge >= 0.3 is 5.97 Å². The first-order chi connectivity index (χ1) is 9.75. The maximum atomic E-state index is 12.1. The van der Waals surface area contributed by atoms with Crippen molar-refractivity contribution in [3.05, 3.63) is 0 Å². The summed E-state index contributed by atoms with van der Waals surface area (Å²) >= 11 is 0. The van der Waals surface area contributed by atoms with Crippen LogP contribution in [0.2, 0.25) is 0 Å². The Balaban J connectivity index is 2.14. The molecule has 1 aliphatic heterocycles. The van der Waals surface area contributed by atoms with Crippen LogP contribution in [-0.4, -0.2) is 59.6 Å². The minimum atomic E-state index is -0.610. The molecule has 2 atom stereocenters. The Bertz CT molecular complexity index is 369. The zero-order chi connectivity index (χ0) is 15.7. The van der Waals surface area contributed by atoms with E-state index in [2.05, 4.69) is 37.6 Å². The van der Waals surface area contributed by atoms with Crippen molar-refractivity contribution in [3.8, 4) is 0 Å². The first-order valence-corrected chi connectivity index (χ1v) is 8.43. The van der Waals surface area contributed by atoms with Gasteiger partial charge in [-0.25, -0.2) is 0 Å². The molecule has 0 radical (unpaired) electrons. The molecule has 0 amide bonds. The molecule has 0 aromatic rings. The van der Waals surface area contributed by atoms with Crippen molar-refractivity contribution in [1.29, 1.82) is 0 Å². The third-order valence-corrected chi connectivity index (χ3v) is 5.78. The summed E-state index contributed by atoms with van der Waals surface area (Å²) in [7, 11) is 2.12. The van der Waals surface area contributed by atoms with Gasteiger partial charge in [0.2, 0.25) is 0 Å². The fourth-order valence-electron chi connectivity index (χ4n) is 4.09. The average Bonchev–Trinajstić information content (AvgIpc) is 2.62. The van der Waals surface area contributed by atoms with Gasteiger partial charge in [-0.2, -0.15) is 0 Å². The molecule has 1 saturated carbocycles. The summed E-state index contributed by atoms with van der Waals surface area (Å²) in [6, 6.07) is 0. The van der Waals surface area contributed by atoms with Gasteiger partial charge in [-0.05, 0) is 44.1 Å². The predicted octanol–water partition coefficient (Wildman–Crippen LogP) is 2.68. The molecule has 2 rings (SSSR count). The molecule has 21 heavy (non-hydrogen) atoms. The summed E-state index contributed by atoms with van der Waals surface area (Å²) in [4.78, 5) is 16.7. The Morgan fingerprint density at radius 2 is 1.71 bits per heavy atom. The molecule has 4 nitrogen and oxygen atoms in total. The van der Waals surface area contributed by atoms with E-state index in [-0.39, 0.29) is 5.41 Å². The molecule has 2 aliphatic rings. The molecule has 0 spiro atoms. The Morgan fingerprint density at radius 1 is 1.10 bits per heavy atom. The van der Waals surface area contributed by atoms with Crippen molar-refractivity contribution < 1.29 is 9.90 Å². The fourth-order valence-corrected chi connectivity index (χ4v) is 4.09. The quantitative estimate of drug-likeness (QED) is 0.796. The van der Waals surface area contributed by atoms with E-state index in [0.29, 0.717) is 5.92 Å². The highest BCUT2D eigenvalue weighted by Crippen LogP contribution is 2.42. The van der Waals surface area contributed by atoms with Crippen LogP contribution in [0.15, 0.2) is 0 Å². The first kappa shape index (κ1) is 16.8. The summed E-state index contributed by atoms with van der Waals surface area (Å²) < 4.78 is 0. The maximum absolute atomic E-state index is 12.1. The van der Waals surface area contributed by atoms with Crippen molar-refractivity contribution in [3.63, 3.8) is 0 Å². The lowest BCUT2D eigenvalue weighted by atomic mass is 9.76. The molecule has 1 saturated heterocycles. The number of aliphatic carboxylic acids is 1. The first-order valence-electron chi connectivity index (χ1n) is 8.43. The van der Waals surface area contributed by atoms with Crippen LogP contribution in [0.5, 0.6) is 0 Å². The van der Waals surface area contributed by atoms with Crippen LogP contribution in [-0.2, 0) is 4.79 Å². The van der Waals surface area contributed by atoms with Crippen LogP contribution < -0.4 is 0 Å². The summed E-state index contributed by atoms with van der Waals surface area (Å²) in [6.45, 7) is 10.6. The second kappa shape index (κ2) is 6.25. The molecule has 0 aromatic heterocycles. The number of nitrogens with zero attached hydrogens (tertiary/aromatic N) is 2. The number of piperazine rings is 1. The van der Waals surface area contributed by atoms with Crippen molar-refractivity contribution in [1.82, 2.24) is 9.80 Å². The highest BCUT2D eigenvalue weighted by atomic mass is 16.4. The Morgan fingerprint density at radius 3 is 2.24 bits per heavy atom. The minimum Gasteiger partial charge on any atom is -0.480 e. The second-order valence-corrected chi connectivity index (χ2v) is 8.12. The highest BCUT2D eigenvalue weighted by Gasteiger charge is 2.46. The van der Waals surface area contributed by atoms with E-state index in [9.17, 15) is 9.90 Å². The van der Waals surface area contributed by atoms with E-state index in [1.807, 2.05) is 0 Å². The lowest BCUT2D eigenvalue weighted by molar-refractivity contribution is -0.154. The highest BCUT2D eigenvalue weighted by molar-refractivity contribution is 5.78. The number of likely N-dealkylation sites (N-methyl/N-ethyl adjacent to an activating group) is 1. The summed E-state index contributed by atoms with van der Waals surface area (Å²) in [5.41, 5.74) is -0.321. The van der Waals surface area contributed by atoms with Crippen LogP contribution in [0, 0.1) is 11.3 Å². The van der Waals surface area contributed by atoms with E-state index in [4.69, 9.17) is 0 Å². The molecule has 0 bridgehead atoms. The van der Waals surface area contributed by atoms with Gasteiger partial charge in [0, 0.05) is 26.2 Å². The standard InChI is InChI=1S/C17H32N2O2/c1-16(2,3)14-6-5-8-17(9-7-14,15(20)21)19-12-10-18(4)11-13-19/h14H,5-13H2,1-4H3,(H,20,21). The Labute approximate surface area is 129 Å². The predicted molar refractivity (Wildman–Crippen MR) is 85.5 cm³/mol. The van der Waals surface area contributed by atoms with Crippen molar-refractivity contribution in [2.75, 3.05) is 33.2 Å². The van der Waals surface area contributed by atoms with E-state index in [1.54, 1.807) is 0 Å². The Hall–Kier alpha value is -0.610. The third kappa shape index (κ3) is 3.59. The molecule has 4 heteroatoms. The van der Waals surface area contributed by atoms with Gasteiger partial charge in [0.15, 0.2) is 0 Å². The number of carbonyl (C=O) groups is 1. The van der Waals surface area contributed by atoms with E-state index < -0.39 is 11.5 Å². The molecule has 1 heterocycles. The molecule has 1 N–H and O–H groups in total. The zero-order valence-electron chi connectivity index (χ0n) is 14.2. The second-order valence-electron chi connectivity index (χ2n) is 8.12. The van der Waals surface area contributed by atoms with E-state index >= 15 is 0 Å².